The van der Waals surface area contributed by atoms with Gasteiger partial charge in [-0.2, -0.15) is 0 Å². The monoisotopic (exact) mass is 447 g/mol. The van der Waals surface area contributed by atoms with Gasteiger partial charge in [-0.05, 0) is 44.2 Å². The molecule has 0 aromatic heterocycles. The number of piperidine rings is 1. The molecule has 176 valence electrons. The first-order valence-corrected chi connectivity index (χ1v) is 11.7. The lowest BCUT2D eigenvalue weighted by Gasteiger charge is -2.41. The molecule has 0 N–H and O–H groups in total. The van der Waals surface area contributed by atoms with Crippen molar-refractivity contribution in [2.45, 2.75) is 31.8 Å². The summed E-state index contributed by atoms with van der Waals surface area (Å²) in [5.74, 6) is 0.493. The predicted octanol–water partition coefficient (Wildman–Crippen LogP) is 2.01. The molecule has 3 heterocycles. The number of carbonyl (C=O) groups is 2. The van der Waals surface area contributed by atoms with Crippen LogP contribution in [-0.4, -0.2) is 92.1 Å². The normalized spacial score (nSPS) is 25.6. The Kier molecular flexibility index (Phi) is 7.63. The Morgan fingerprint density at radius 2 is 1.69 bits per heavy atom. The molecule has 0 spiro atoms. The van der Waals surface area contributed by atoms with Crippen LogP contribution < -0.4 is 4.74 Å². The Balaban J connectivity index is 1.43. The molecule has 2 atom stereocenters. The highest BCUT2D eigenvalue weighted by Gasteiger charge is 2.37. The molecule has 3 aliphatic rings. The quantitative estimate of drug-likeness (QED) is 0.691. The third kappa shape index (κ3) is 5.78. The molecular weight excluding hydrogens is 413 g/mol. The van der Waals surface area contributed by atoms with E-state index in [2.05, 4.69) is 11.9 Å². The molecule has 3 fully saturated rings. The first kappa shape index (κ1) is 23.0. The number of hydrogen-bond donors (Lipinski definition) is 0. The number of halogens is 1. The van der Waals surface area contributed by atoms with E-state index in [1.54, 1.807) is 12.1 Å². The fourth-order valence-electron chi connectivity index (χ4n) is 4.86. The second-order valence-electron chi connectivity index (χ2n) is 9.22. The molecule has 0 unspecified atom stereocenters. The Morgan fingerprint density at radius 1 is 1.00 bits per heavy atom. The summed E-state index contributed by atoms with van der Waals surface area (Å²) in [5.41, 5.74) is 0. The van der Waals surface area contributed by atoms with Gasteiger partial charge in [0.2, 0.25) is 11.8 Å². The minimum Gasteiger partial charge on any atom is -0.490 e. The van der Waals surface area contributed by atoms with E-state index in [4.69, 9.17) is 9.47 Å². The third-order valence-corrected chi connectivity index (χ3v) is 6.94. The number of rotatable bonds is 5. The summed E-state index contributed by atoms with van der Waals surface area (Å²) < 4.78 is 24.9. The van der Waals surface area contributed by atoms with E-state index in [1.807, 2.05) is 9.80 Å². The van der Waals surface area contributed by atoms with E-state index < -0.39 is 0 Å². The van der Waals surface area contributed by atoms with Crippen molar-refractivity contribution in [3.8, 4) is 5.75 Å². The summed E-state index contributed by atoms with van der Waals surface area (Å²) in [4.78, 5) is 32.3. The number of piperazine rings is 1. The predicted molar refractivity (Wildman–Crippen MR) is 118 cm³/mol. The van der Waals surface area contributed by atoms with E-state index in [0.717, 1.165) is 39.0 Å². The first-order chi connectivity index (χ1) is 15.5. The topological polar surface area (TPSA) is 62.3 Å². The maximum absolute atomic E-state index is 13.3. The molecule has 1 aromatic rings. The van der Waals surface area contributed by atoms with E-state index >= 15 is 0 Å². The Morgan fingerprint density at radius 3 is 2.38 bits per heavy atom. The number of likely N-dealkylation sites (N-methyl/N-ethyl adjacent to an activating group) is 1. The lowest BCUT2D eigenvalue weighted by molar-refractivity contribution is -0.144. The zero-order chi connectivity index (χ0) is 22.5. The highest BCUT2D eigenvalue weighted by Crippen LogP contribution is 2.29. The molecule has 0 saturated carbocycles. The van der Waals surface area contributed by atoms with Crippen molar-refractivity contribution < 1.29 is 23.5 Å². The maximum Gasteiger partial charge on any atom is 0.225 e. The van der Waals surface area contributed by atoms with Crippen molar-refractivity contribution in [2.75, 3.05) is 59.5 Å². The number of amides is 2. The second kappa shape index (κ2) is 10.6. The number of ether oxygens (including phenoxy) is 2. The van der Waals surface area contributed by atoms with Crippen molar-refractivity contribution in [1.82, 2.24) is 14.7 Å². The van der Waals surface area contributed by atoms with Crippen LogP contribution in [0.15, 0.2) is 24.3 Å². The van der Waals surface area contributed by atoms with Crippen LogP contribution in [0.5, 0.6) is 5.75 Å². The molecule has 0 bridgehead atoms. The molecule has 8 heteroatoms. The van der Waals surface area contributed by atoms with Gasteiger partial charge >= 0.3 is 0 Å². The van der Waals surface area contributed by atoms with Crippen molar-refractivity contribution in [3.63, 3.8) is 0 Å². The smallest absolute Gasteiger partial charge is 0.225 e. The van der Waals surface area contributed by atoms with Crippen molar-refractivity contribution >= 4 is 11.8 Å². The molecule has 0 aliphatic carbocycles. The summed E-state index contributed by atoms with van der Waals surface area (Å²) in [7, 11) is 2.06. The summed E-state index contributed by atoms with van der Waals surface area (Å²) in [5, 5.41) is 0. The number of carbonyl (C=O) groups excluding carboxylic acids is 2. The third-order valence-electron chi connectivity index (χ3n) is 6.94. The highest BCUT2D eigenvalue weighted by molar-refractivity contribution is 5.79. The fourth-order valence-corrected chi connectivity index (χ4v) is 4.86. The molecule has 3 saturated heterocycles. The van der Waals surface area contributed by atoms with Gasteiger partial charge < -0.3 is 24.2 Å². The average molecular weight is 448 g/mol. The molecule has 7 nitrogen and oxygen atoms in total. The second-order valence-corrected chi connectivity index (χ2v) is 9.22. The molecule has 4 rings (SSSR count). The van der Waals surface area contributed by atoms with E-state index in [1.165, 1.54) is 12.1 Å². The lowest BCUT2D eigenvalue weighted by atomic mass is 9.89. The van der Waals surface area contributed by atoms with Gasteiger partial charge in [-0.3, -0.25) is 9.59 Å². The van der Waals surface area contributed by atoms with Crippen molar-refractivity contribution in [3.05, 3.63) is 30.1 Å². The van der Waals surface area contributed by atoms with Crippen LogP contribution in [0, 0.1) is 17.7 Å². The number of likely N-dealkylation sites (tertiary alicyclic amines) is 1. The molecule has 1 aromatic carbocycles. The summed E-state index contributed by atoms with van der Waals surface area (Å²) >= 11 is 0. The van der Waals surface area contributed by atoms with Gasteiger partial charge in [0.05, 0.1) is 0 Å². The maximum atomic E-state index is 13.3. The Bertz CT molecular complexity index is 776. The Labute approximate surface area is 189 Å². The van der Waals surface area contributed by atoms with E-state index in [0.29, 0.717) is 44.9 Å². The lowest BCUT2D eigenvalue weighted by Crippen LogP contribution is -2.52. The zero-order valence-corrected chi connectivity index (χ0v) is 18.9. The van der Waals surface area contributed by atoms with Crippen LogP contribution in [0.1, 0.15) is 25.7 Å². The average Bonchev–Trinajstić information content (AvgIpc) is 2.82. The molecule has 2 amide bonds. The zero-order valence-electron chi connectivity index (χ0n) is 18.9. The SMILES string of the molecule is CN1CCN(C(=O)C[C@H]2CN(C(=O)C3CCOCC3)CC[C@@H]2Oc2ccc(F)cc2)CC1. The van der Waals surface area contributed by atoms with Crippen LogP contribution in [0.25, 0.3) is 0 Å². The van der Waals surface area contributed by atoms with E-state index in [9.17, 15) is 14.0 Å². The highest BCUT2D eigenvalue weighted by atomic mass is 19.1. The van der Waals surface area contributed by atoms with Crippen molar-refractivity contribution in [2.24, 2.45) is 11.8 Å². The summed E-state index contributed by atoms with van der Waals surface area (Å²) in [6.07, 6.45) is 2.35. The minimum atomic E-state index is -0.309. The van der Waals surface area contributed by atoms with Crippen LogP contribution in [-0.2, 0) is 14.3 Å². The van der Waals surface area contributed by atoms with Crippen LogP contribution in [0.4, 0.5) is 4.39 Å². The van der Waals surface area contributed by atoms with Gasteiger partial charge in [-0.1, -0.05) is 0 Å². The molecule has 32 heavy (non-hydrogen) atoms. The Hall–Kier alpha value is -2.19. The van der Waals surface area contributed by atoms with E-state index in [-0.39, 0.29) is 35.6 Å². The van der Waals surface area contributed by atoms with Crippen LogP contribution in [0.2, 0.25) is 0 Å². The molecule has 3 aliphatic heterocycles. The number of nitrogens with zero attached hydrogens (tertiary/aromatic N) is 3. The van der Waals surface area contributed by atoms with Gasteiger partial charge in [-0.25, -0.2) is 4.39 Å². The van der Waals surface area contributed by atoms with Gasteiger partial charge in [0, 0.05) is 77.2 Å². The van der Waals surface area contributed by atoms with Crippen LogP contribution in [0.3, 0.4) is 0 Å². The number of benzene rings is 1. The summed E-state index contributed by atoms with van der Waals surface area (Å²) in [6.45, 7) is 5.60. The number of hydrogen-bond acceptors (Lipinski definition) is 5. The van der Waals surface area contributed by atoms with Gasteiger partial charge in [0.1, 0.15) is 17.7 Å². The minimum absolute atomic E-state index is 0.00676. The molecular formula is C24H34FN3O4. The van der Waals surface area contributed by atoms with Crippen molar-refractivity contribution in [1.29, 1.82) is 0 Å². The summed E-state index contributed by atoms with van der Waals surface area (Å²) in [6, 6.07) is 6.00. The fraction of sp³-hybridized carbons (Fsp3) is 0.667. The standard InChI is InChI=1S/C24H34FN3O4/c1-26-10-12-27(13-11-26)23(29)16-19-17-28(24(30)18-7-14-31-15-8-18)9-6-22(19)32-21-4-2-20(25)3-5-21/h2-5,18-19,22H,6-17H2,1H3/t19-,22-/m0/s1. The van der Waals surface area contributed by atoms with Gasteiger partial charge in [0.15, 0.2) is 0 Å². The van der Waals surface area contributed by atoms with Crippen LogP contribution >= 0.6 is 0 Å². The van der Waals surface area contributed by atoms with Gasteiger partial charge in [0.25, 0.3) is 0 Å². The largest absolute Gasteiger partial charge is 0.490 e. The van der Waals surface area contributed by atoms with Gasteiger partial charge in [-0.15, -0.1) is 0 Å². The first-order valence-electron chi connectivity index (χ1n) is 11.7. The molecule has 0 radical (unpaired) electrons.